The molecule has 3 rings (SSSR count). The Labute approximate surface area is 131 Å². The molecule has 22 heavy (non-hydrogen) atoms. The molecular weight excluding hydrogens is 300 g/mol. The summed E-state index contributed by atoms with van der Waals surface area (Å²) in [5, 5.41) is 13.9. The van der Waals surface area contributed by atoms with E-state index in [1.807, 2.05) is 31.2 Å². The fourth-order valence-corrected chi connectivity index (χ4v) is 2.80. The molecule has 0 radical (unpaired) electrons. The second-order valence-corrected chi connectivity index (χ2v) is 5.85. The van der Waals surface area contributed by atoms with Gasteiger partial charge >= 0.3 is 0 Å². The van der Waals surface area contributed by atoms with Gasteiger partial charge in [0.1, 0.15) is 10.8 Å². The summed E-state index contributed by atoms with van der Waals surface area (Å²) < 4.78 is 5.21. The number of rotatable bonds is 5. The number of aromatic amines is 1. The molecule has 0 spiro atoms. The number of benzene rings is 1. The number of nitrogens with one attached hydrogen (secondary N) is 2. The minimum absolute atomic E-state index is 0.106. The first kappa shape index (κ1) is 14.5. The molecule has 0 aliphatic carbocycles. The van der Waals surface area contributed by atoms with Gasteiger partial charge in [-0.2, -0.15) is 0 Å². The number of aromatic nitrogens is 3. The van der Waals surface area contributed by atoms with Crippen molar-refractivity contribution in [3.63, 3.8) is 0 Å². The largest absolute Gasteiger partial charge is 0.497 e. The van der Waals surface area contributed by atoms with Crippen molar-refractivity contribution in [1.29, 1.82) is 0 Å². The van der Waals surface area contributed by atoms with Crippen LogP contribution in [-0.4, -0.2) is 22.3 Å². The standard InChI is InChI=1S/C15H16N4O2S/c1-3-13-18-19-15(22-13)16-8-10-6-9-7-11(21-2)4-5-12(9)17-14(10)20/h4-7H,3,8H2,1-2H3,(H,16,19)(H,17,20). The first-order valence-electron chi connectivity index (χ1n) is 6.96. The summed E-state index contributed by atoms with van der Waals surface area (Å²) in [4.78, 5) is 15.0. The summed E-state index contributed by atoms with van der Waals surface area (Å²) in [5.41, 5.74) is 1.33. The first-order chi connectivity index (χ1) is 10.7. The monoisotopic (exact) mass is 316 g/mol. The van der Waals surface area contributed by atoms with E-state index in [2.05, 4.69) is 20.5 Å². The number of H-pyrrole nitrogens is 1. The second kappa shape index (κ2) is 6.15. The highest BCUT2D eigenvalue weighted by Gasteiger charge is 2.06. The highest BCUT2D eigenvalue weighted by atomic mass is 32.1. The van der Waals surface area contributed by atoms with E-state index in [4.69, 9.17) is 4.74 Å². The maximum absolute atomic E-state index is 12.1. The molecule has 0 amide bonds. The number of pyridine rings is 1. The van der Waals surface area contributed by atoms with Crippen LogP contribution in [0.3, 0.4) is 0 Å². The SMILES string of the molecule is CCc1nnc(NCc2cc3cc(OC)ccc3[nH]c2=O)s1. The van der Waals surface area contributed by atoms with Gasteiger partial charge in [0.05, 0.1) is 7.11 Å². The number of aryl methyl sites for hydroxylation is 1. The Hall–Kier alpha value is -2.41. The lowest BCUT2D eigenvalue weighted by molar-refractivity contribution is 0.415. The van der Waals surface area contributed by atoms with Gasteiger partial charge in [0.2, 0.25) is 5.13 Å². The molecule has 2 N–H and O–H groups in total. The first-order valence-corrected chi connectivity index (χ1v) is 7.77. The lowest BCUT2D eigenvalue weighted by atomic mass is 10.1. The van der Waals surface area contributed by atoms with Crippen LogP contribution in [0.5, 0.6) is 5.75 Å². The third-order valence-electron chi connectivity index (χ3n) is 3.33. The van der Waals surface area contributed by atoms with Crippen LogP contribution in [0, 0.1) is 0 Å². The predicted molar refractivity (Wildman–Crippen MR) is 87.7 cm³/mol. The number of hydrogen-bond donors (Lipinski definition) is 2. The fourth-order valence-electron chi connectivity index (χ4n) is 2.13. The van der Waals surface area contributed by atoms with Crippen molar-refractivity contribution in [2.75, 3.05) is 12.4 Å². The van der Waals surface area contributed by atoms with E-state index in [1.54, 1.807) is 7.11 Å². The van der Waals surface area contributed by atoms with E-state index in [9.17, 15) is 4.79 Å². The van der Waals surface area contributed by atoms with E-state index >= 15 is 0 Å². The second-order valence-electron chi connectivity index (χ2n) is 4.78. The highest BCUT2D eigenvalue weighted by Crippen LogP contribution is 2.20. The van der Waals surface area contributed by atoms with Gasteiger partial charge in [-0.25, -0.2) is 0 Å². The lowest BCUT2D eigenvalue weighted by Crippen LogP contribution is -2.15. The Balaban J connectivity index is 1.86. The van der Waals surface area contributed by atoms with Gasteiger partial charge < -0.3 is 15.0 Å². The predicted octanol–water partition coefficient (Wildman–Crippen LogP) is 2.56. The van der Waals surface area contributed by atoms with Gasteiger partial charge in [-0.3, -0.25) is 4.79 Å². The summed E-state index contributed by atoms with van der Waals surface area (Å²) in [6.45, 7) is 2.44. The van der Waals surface area contributed by atoms with Crippen molar-refractivity contribution < 1.29 is 4.74 Å². The Kier molecular flexibility index (Phi) is 4.06. The molecule has 0 saturated carbocycles. The van der Waals surface area contributed by atoms with Crippen LogP contribution in [0.25, 0.3) is 10.9 Å². The third kappa shape index (κ3) is 2.94. The third-order valence-corrected chi connectivity index (χ3v) is 4.35. The van der Waals surface area contributed by atoms with Gasteiger partial charge in [0.15, 0.2) is 0 Å². The van der Waals surface area contributed by atoms with Gasteiger partial charge in [-0.1, -0.05) is 18.3 Å². The zero-order valence-electron chi connectivity index (χ0n) is 12.3. The average molecular weight is 316 g/mol. The molecule has 114 valence electrons. The van der Waals surface area contributed by atoms with Crippen molar-refractivity contribution in [2.24, 2.45) is 0 Å². The fraction of sp³-hybridized carbons (Fsp3) is 0.267. The number of anilines is 1. The Bertz CT molecular complexity index is 856. The maximum Gasteiger partial charge on any atom is 0.253 e. The Morgan fingerprint density at radius 3 is 2.91 bits per heavy atom. The van der Waals surface area contributed by atoms with Crippen molar-refractivity contribution in [3.8, 4) is 5.75 Å². The number of hydrogen-bond acceptors (Lipinski definition) is 6. The molecule has 2 aromatic heterocycles. The van der Waals surface area contributed by atoms with Crippen LogP contribution in [0.2, 0.25) is 0 Å². The molecule has 0 bridgehead atoms. The van der Waals surface area contributed by atoms with Gasteiger partial charge in [-0.05, 0) is 30.7 Å². The molecule has 7 heteroatoms. The minimum Gasteiger partial charge on any atom is -0.497 e. The van der Waals surface area contributed by atoms with Crippen LogP contribution >= 0.6 is 11.3 Å². The molecule has 0 aliphatic heterocycles. The summed E-state index contributed by atoms with van der Waals surface area (Å²) in [6.07, 6.45) is 0.857. The molecular formula is C15H16N4O2S. The molecule has 6 nitrogen and oxygen atoms in total. The molecule has 0 atom stereocenters. The van der Waals surface area contributed by atoms with Crippen molar-refractivity contribution in [1.82, 2.24) is 15.2 Å². The number of nitrogens with zero attached hydrogens (tertiary/aromatic N) is 2. The molecule has 0 unspecified atom stereocenters. The number of fused-ring (bicyclic) bond motifs is 1. The van der Waals surface area contributed by atoms with E-state index in [-0.39, 0.29) is 5.56 Å². The van der Waals surface area contributed by atoms with Crippen LogP contribution in [-0.2, 0) is 13.0 Å². The quantitative estimate of drug-likeness (QED) is 0.756. The summed E-state index contributed by atoms with van der Waals surface area (Å²) in [7, 11) is 1.62. The number of ether oxygens (including phenoxy) is 1. The Morgan fingerprint density at radius 2 is 2.18 bits per heavy atom. The van der Waals surface area contributed by atoms with Crippen LogP contribution in [0.4, 0.5) is 5.13 Å². The summed E-state index contributed by atoms with van der Waals surface area (Å²) in [5.74, 6) is 0.759. The Morgan fingerprint density at radius 1 is 1.32 bits per heavy atom. The molecule has 0 fully saturated rings. The van der Waals surface area contributed by atoms with Crippen molar-refractivity contribution in [3.05, 3.63) is 45.2 Å². The van der Waals surface area contributed by atoms with E-state index < -0.39 is 0 Å². The highest BCUT2D eigenvalue weighted by molar-refractivity contribution is 7.15. The topological polar surface area (TPSA) is 79.9 Å². The van der Waals surface area contributed by atoms with Crippen LogP contribution in [0.15, 0.2) is 29.1 Å². The maximum atomic E-state index is 12.1. The zero-order chi connectivity index (χ0) is 15.5. The molecule has 0 saturated heterocycles. The van der Waals surface area contributed by atoms with Crippen LogP contribution in [0.1, 0.15) is 17.5 Å². The summed E-state index contributed by atoms with van der Waals surface area (Å²) >= 11 is 1.50. The minimum atomic E-state index is -0.106. The lowest BCUT2D eigenvalue weighted by Gasteiger charge is -2.06. The normalized spacial score (nSPS) is 10.8. The van der Waals surface area contributed by atoms with E-state index in [0.717, 1.165) is 33.2 Å². The molecule has 1 aromatic carbocycles. The smallest absolute Gasteiger partial charge is 0.253 e. The van der Waals surface area contributed by atoms with Crippen molar-refractivity contribution >= 4 is 27.4 Å². The van der Waals surface area contributed by atoms with Gasteiger partial charge in [0.25, 0.3) is 5.56 Å². The van der Waals surface area contributed by atoms with E-state index in [1.165, 1.54) is 11.3 Å². The van der Waals surface area contributed by atoms with Gasteiger partial charge in [-0.15, -0.1) is 10.2 Å². The van der Waals surface area contributed by atoms with Gasteiger partial charge in [0, 0.05) is 23.0 Å². The average Bonchev–Trinajstić information content (AvgIpc) is 3.00. The molecule has 2 heterocycles. The summed E-state index contributed by atoms with van der Waals surface area (Å²) in [6, 6.07) is 7.43. The molecule has 3 aromatic rings. The zero-order valence-corrected chi connectivity index (χ0v) is 13.2. The van der Waals surface area contributed by atoms with Crippen LogP contribution < -0.4 is 15.6 Å². The molecule has 0 aliphatic rings. The van der Waals surface area contributed by atoms with E-state index in [0.29, 0.717) is 12.1 Å². The van der Waals surface area contributed by atoms with Crippen molar-refractivity contribution in [2.45, 2.75) is 19.9 Å². The number of methoxy groups -OCH3 is 1.